The lowest BCUT2D eigenvalue weighted by Gasteiger charge is -2.07. The van der Waals surface area contributed by atoms with Crippen molar-refractivity contribution < 1.29 is 4.92 Å². The second-order valence-electron chi connectivity index (χ2n) is 3.64. The van der Waals surface area contributed by atoms with Crippen molar-refractivity contribution in [3.05, 3.63) is 64.6 Å². The first-order chi connectivity index (χ1) is 8.08. The summed E-state index contributed by atoms with van der Waals surface area (Å²) in [5.74, 6) is 0. The molecule has 0 radical (unpaired) electrons. The van der Waals surface area contributed by atoms with E-state index in [1.807, 2.05) is 44.4 Å². The molecule has 0 saturated heterocycles. The first-order valence-electron chi connectivity index (χ1n) is 5.10. The number of rotatable bonds is 5. The zero-order chi connectivity index (χ0) is 12.7. The molecule has 5 heteroatoms. The fraction of sp³-hybridized carbons (Fsp3) is 0.167. The van der Waals surface area contributed by atoms with Gasteiger partial charge in [-0.3, -0.25) is 10.1 Å². The molecule has 0 bridgehead atoms. The average Bonchev–Trinajstić information content (AvgIpc) is 2.26. The van der Waals surface area contributed by atoms with Crippen LogP contribution in [0.2, 0.25) is 0 Å². The van der Waals surface area contributed by atoms with Gasteiger partial charge in [0.1, 0.15) is 5.70 Å². The molecule has 5 nitrogen and oxygen atoms in total. The van der Waals surface area contributed by atoms with E-state index in [1.54, 1.807) is 17.2 Å². The van der Waals surface area contributed by atoms with Crippen molar-refractivity contribution in [3.8, 4) is 0 Å². The molecule has 0 unspecified atom stereocenters. The third kappa shape index (κ3) is 5.36. The predicted octanol–water partition coefficient (Wildman–Crippen LogP) is 2.29. The fourth-order valence-corrected chi connectivity index (χ4v) is 1.15. The summed E-state index contributed by atoms with van der Waals surface area (Å²) in [6.45, 7) is 0. The highest BCUT2D eigenvalue weighted by Gasteiger charge is 1.99. The highest BCUT2D eigenvalue weighted by Crippen LogP contribution is 2.09. The van der Waals surface area contributed by atoms with Crippen LogP contribution in [-0.4, -0.2) is 23.9 Å². The maximum Gasteiger partial charge on any atom is 0.257 e. The van der Waals surface area contributed by atoms with Gasteiger partial charge in [-0.2, -0.15) is 0 Å². The number of hydrogen-bond donors (Lipinski definition) is 1. The van der Waals surface area contributed by atoms with E-state index in [0.29, 0.717) is 5.70 Å². The van der Waals surface area contributed by atoms with Crippen molar-refractivity contribution in [2.24, 2.45) is 0 Å². The van der Waals surface area contributed by atoms with Crippen LogP contribution in [0.15, 0.2) is 54.5 Å². The second kappa shape index (κ2) is 6.32. The molecule has 0 saturated carbocycles. The Balaban J connectivity index is 2.82. The van der Waals surface area contributed by atoms with E-state index in [-0.39, 0.29) is 0 Å². The van der Waals surface area contributed by atoms with Crippen LogP contribution >= 0.6 is 0 Å². The number of hydrogen-bond acceptors (Lipinski definition) is 4. The van der Waals surface area contributed by atoms with E-state index < -0.39 is 4.92 Å². The van der Waals surface area contributed by atoms with Gasteiger partial charge in [-0.15, -0.1) is 0 Å². The van der Waals surface area contributed by atoms with E-state index in [2.05, 4.69) is 5.32 Å². The number of benzene rings is 1. The molecule has 1 aromatic rings. The first kappa shape index (κ1) is 12.8. The van der Waals surface area contributed by atoms with Crippen molar-refractivity contribution in [1.82, 2.24) is 4.90 Å². The number of para-hydroxylation sites is 1. The Morgan fingerprint density at radius 3 is 2.53 bits per heavy atom. The molecule has 0 fully saturated rings. The van der Waals surface area contributed by atoms with Crippen molar-refractivity contribution in [2.45, 2.75) is 0 Å². The van der Waals surface area contributed by atoms with Gasteiger partial charge in [0, 0.05) is 26.0 Å². The van der Waals surface area contributed by atoms with Gasteiger partial charge < -0.3 is 10.2 Å². The maximum atomic E-state index is 10.5. The van der Waals surface area contributed by atoms with E-state index in [4.69, 9.17) is 0 Å². The zero-order valence-electron chi connectivity index (χ0n) is 9.83. The summed E-state index contributed by atoms with van der Waals surface area (Å²) in [6, 6.07) is 9.30. The van der Waals surface area contributed by atoms with E-state index in [1.165, 1.54) is 0 Å². The number of anilines is 1. The summed E-state index contributed by atoms with van der Waals surface area (Å²) in [4.78, 5) is 11.8. The third-order valence-electron chi connectivity index (χ3n) is 1.86. The van der Waals surface area contributed by atoms with Gasteiger partial charge in [0.15, 0.2) is 0 Å². The fourth-order valence-electron chi connectivity index (χ4n) is 1.15. The SMILES string of the molecule is CN(C)/C=C\C(=C\[N+](=O)[O-])Nc1ccccc1. The molecule has 0 aromatic heterocycles. The molecule has 0 amide bonds. The Kier molecular flexibility index (Phi) is 4.75. The molecule has 0 spiro atoms. The van der Waals surface area contributed by atoms with Gasteiger partial charge in [0.2, 0.25) is 0 Å². The van der Waals surface area contributed by atoms with Crippen molar-refractivity contribution >= 4 is 5.69 Å². The third-order valence-corrected chi connectivity index (χ3v) is 1.86. The van der Waals surface area contributed by atoms with Crippen molar-refractivity contribution in [1.29, 1.82) is 0 Å². The van der Waals surface area contributed by atoms with Gasteiger partial charge in [0.25, 0.3) is 6.20 Å². The number of allylic oxidation sites excluding steroid dienone is 1. The van der Waals surface area contributed by atoms with Crippen molar-refractivity contribution in [3.63, 3.8) is 0 Å². The summed E-state index contributed by atoms with van der Waals surface area (Å²) in [7, 11) is 3.70. The van der Waals surface area contributed by atoms with Gasteiger partial charge >= 0.3 is 0 Å². The lowest BCUT2D eigenvalue weighted by Crippen LogP contribution is -2.04. The topological polar surface area (TPSA) is 58.4 Å². The molecule has 17 heavy (non-hydrogen) atoms. The van der Waals surface area contributed by atoms with E-state index in [9.17, 15) is 10.1 Å². The number of nitrogens with zero attached hydrogens (tertiary/aromatic N) is 2. The lowest BCUT2D eigenvalue weighted by molar-refractivity contribution is -0.403. The lowest BCUT2D eigenvalue weighted by atomic mass is 10.3. The Morgan fingerprint density at radius 1 is 1.35 bits per heavy atom. The molecule has 0 aliphatic carbocycles. The Morgan fingerprint density at radius 2 is 2.00 bits per heavy atom. The van der Waals surface area contributed by atoms with E-state index in [0.717, 1.165) is 11.9 Å². The van der Waals surface area contributed by atoms with Gasteiger partial charge in [0.05, 0.1) is 4.92 Å². The van der Waals surface area contributed by atoms with Crippen LogP contribution in [0.1, 0.15) is 0 Å². The highest BCUT2D eigenvalue weighted by molar-refractivity contribution is 5.49. The van der Waals surface area contributed by atoms with Gasteiger partial charge in [-0.25, -0.2) is 0 Å². The Labute approximate surface area is 100 Å². The molecule has 0 heterocycles. The molecule has 90 valence electrons. The molecule has 1 rings (SSSR count). The zero-order valence-corrected chi connectivity index (χ0v) is 9.83. The molecule has 0 aliphatic rings. The quantitative estimate of drug-likeness (QED) is 0.481. The summed E-state index contributed by atoms with van der Waals surface area (Å²) >= 11 is 0. The number of nitro groups is 1. The minimum Gasteiger partial charge on any atom is -0.383 e. The molecule has 1 N–H and O–H groups in total. The average molecular weight is 233 g/mol. The Hall–Kier alpha value is -2.30. The van der Waals surface area contributed by atoms with Crippen LogP contribution < -0.4 is 5.32 Å². The van der Waals surface area contributed by atoms with Crippen LogP contribution in [-0.2, 0) is 0 Å². The summed E-state index contributed by atoms with van der Waals surface area (Å²) < 4.78 is 0. The minimum absolute atomic E-state index is 0.426. The molecule has 1 aromatic carbocycles. The standard InChI is InChI=1S/C12H15N3O2/c1-14(2)9-8-12(10-15(16)17)13-11-6-4-3-5-7-11/h3-10,13H,1-2H3/b9-8-,12-10-. The molecular formula is C12H15N3O2. The summed E-state index contributed by atoms with van der Waals surface area (Å²) in [5, 5.41) is 13.5. The van der Waals surface area contributed by atoms with E-state index >= 15 is 0 Å². The number of nitrogens with one attached hydrogen (secondary N) is 1. The van der Waals surface area contributed by atoms with Crippen LogP contribution in [0.3, 0.4) is 0 Å². The summed E-state index contributed by atoms with van der Waals surface area (Å²) in [5.41, 5.74) is 1.24. The smallest absolute Gasteiger partial charge is 0.257 e. The van der Waals surface area contributed by atoms with Crippen LogP contribution in [0.4, 0.5) is 5.69 Å². The summed E-state index contributed by atoms with van der Waals surface area (Å²) in [6.07, 6.45) is 4.33. The first-order valence-corrected chi connectivity index (χ1v) is 5.10. The normalized spacial score (nSPS) is 11.5. The van der Waals surface area contributed by atoms with Crippen LogP contribution in [0.5, 0.6) is 0 Å². The van der Waals surface area contributed by atoms with Crippen molar-refractivity contribution in [2.75, 3.05) is 19.4 Å². The molecular weight excluding hydrogens is 218 g/mol. The largest absolute Gasteiger partial charge is 0.383 e. The van der Waals surface area contributed by atoms with Crippen LogP contribution in [0.25, 0.3) is 0 Å². The monoisotopic (exact) mass is 233 g/mol. The highest BCUT2D eigenvalue weighted by atomic mass is 16.6. The minimum atomic E-state index is -0.481. The van der Waals surface area contributed by atoms with Gasteiger partial charge in [-0.05, 0) is 18.2 Å². The van der Waals surface area contributed by atoms with Crippen LogP contribution in [0, 0.1) is 10.1 Å². The van der Waals surface area contributed by atoms with Gasteiger partial charge in [-0.1, -0.05) is 18.2 Å². The molecule has 0 atom stereocenters. The predicted molar refractivity (Wildman–Crippen MR) is 68.0 cm³/mol. The maximum absolute atomic E-state index is 10.5. The molecule has 0 aliphatic heterocycles. The second-order valence-corrected chi connectivity index (χ2v) is 3.64. The Bertz CT molecular complexity index is 425.